The standard InChI is InChI=1S/C16H21F4N3O3/c1-22-6-4-5-12(22)15(24)23(2)8-10-7-11(17)14(21-13(10)25-3)26-9-16(18,19)20/h7,12H,4-6,8-9H2,1-3H3. The molecule has 1 aliphatic heterocycles. The fourth-order valence-corrected chi connectivity index (χ4v) is 2.85. The molecule has 0 saturated carbocycles. The van der Waals surface area contributed by atoms with Crippen LogP contribution < -0.4 is 9.47 Å². The monoisotopic (exact) mass is 379 g/mol. The van der Waals surface area contributed by atoms with Gasteiger partial charge in [0.2, 0.25) is 11.8 Å². The molecule has 0 spiro atoms. The molecular formula is C16H21F4N3O3. The normalized spacial score (nSPS) is 18.0. The molecule has 1 aromatic heterocycles. The van der Waals surface area contributed by atoms with Crippen LogP contribution >= 0.6 is 0 Å². The van der Waals surface area contributed by atoms with Gasteiger partial charge in [-0.25, -0.2) is 4.39 Å². The molecular weight excluding hydrogens is 358 g/mol. The van der Waals surface area contributed by atoms with Crippen LogP contribution in [0, 0.1) is 5.82 Å². The molecule has 26 heavy (non-hydrogen) atoms. The van der Waals surface area contributed by atoms with Gasteiger partial charge in [0.15, 0.2) is 12.4 Å². The van der Waals surface area contributed by atoms with Crippen LogP contribution in [0.15, 0.2) is 6.07 Å². The Labute approximate surface area is 148 Å². The molecule has 1 amide bonds. The maximum absolute atomic E-state index is 14.0. The molecule has 146 valence electrons. The summed E-state index contributed by atoms with van der Waals surface area (Å²) in [7, 11) is 4.68. The van der Waals surface area contributed by atoms with Crippen LogP contribution in [0.25, 0.3) is 0 Å². The van der Waals surface area contributed by atoms with E-state index in [0.717, 1.165) is 25.5 Å². The van der Waals surface area contributed by atoms with E-state index in [2.05, 4.69) is 9.72 Å². The van der Waals surface area contributed by atoms with E-state index in [-0.39, 0.29) is 29.9 Å². The lowest BCUT2D eigenvalue weighted by Crippen LogP contribution is -2.42. The summed E-state index contributed by atoms with van der Waals surface area (Å²) in [4.78, 5) is 19.5. The molecule has 0 radical (unpaired) electrons. The van der Waals surface area contributed by atoms with E-state index in [0.29, 0.717) is 0 Å². The van der Waals surface area contributed by atoms with Crippen LogP contribution in [0.3, 0.4) is 0 Å². The molecule has 1 fully saturated rings. The van der Waals surface area contributed by atoms with Crippen molar-refractivity contribution in [1.82, 2.24) is 14.8 Å². The number of hydrogen-bond acceptors (Lipinski definition) is 5. The minimum atomic E-state index is -4.61. The molecule has 0 N–H and O–H groups in total. The summed E-state index contributed by atoms with van der Waals surface area (Å²) >= 11 is 0. The molecule has 0 aliphatic carbocycles. The average molecular weight is 379 g/mol. The number of amides is 1. The molecule has 6 nitrogen and oxygen atoms in total. The predicted molar refractivity (Wildman–Crippen MR) is 84.4 cm³/mol. The second-order valence-electron chi connectivity index (χ2n) is 6.18. The second kappa shape index (κ2) is 8.07. The van der Waals surface area contributed by atoms with Gasteiger partial charge < -0.3 is 14.4 Å². The van der Waals surface area contributed by atoms with Crippen molar-refractivity contribution in [2.75, 3.05) is 34.4 Å². The lowest BCUT2D eigenvalue weighted by molar-refractivity contribution is -0.154. The van der Waals surface area contributed by atoms with Crippen LogP contribution in [0.5, 0.6) is 11.8 Å². The van der Waals surface area contributed by atoms with Crippen molar-refractivity contribution in [1.29, 1.82) is 0 Å². The van der Waals surface area contributed by atoms with Crippen molar-refractivity contribution in [2.45, 2.75) is 31.6 Å². The quantitative estimate of drug-likeness (QED) is 0.710. The number of methoxy groups -OCH3 is 1. The SMILES string of the molecule is COc1nc(OCC(F)(F)F)c(F)cc1CN(C)C(=O)C1CCCN1C. The molecule has 10 heteroatoms. The Hall–Kier alpha value is -2.10. The largest absolute Gasteiger partial charge is 0.481 e. The number of alkyl halides is 3. The minimum Gasteiger partial charge on any atom is -0.481 e. The third-order valence-corrected chi connectivity index (χ3v) is 4.14. The topological polar surface area (TPSA) is 54.9 Å². The fourth-order valence-electron chi connectivity index (χ4n) is 2.85. The molecule has 1 saturated heterocycles. The van der Waals surface area contributed by atoms with Gasteiger partial charge in [0.1, 0.15) is 0 Å². The summed E-state index contributed by atoms with van der Waals surface area (Å²) in [5.74, 6) is -2.07. The van der Waals surface area contributed by atoms with Gasteiger partial charge in [-0.1, -0.05) is 0 Å². The third kappa shape index (κ3) is 4.96. The van der Waals surface area contributed by atoms with Crippen LogP contribution in [-0.4, -0.2) is 67.3 Å². The van der Waals surface area contributed by atoms with Crippen molar-refractivity contribution in [2.24, 2.45) is 0 Å². The van der Waals surface area contributed by atoms with Gasteiger partial charge >= 0.3 is 6.18 Å². The number of rotatable bonds is 6. The highest BCUT2D eigenvalue weighted by atomic mass is 19.4. The summed E-state index contributed by atoms with van der Waals surface area (Å²) < 4.78 is 60.1. The molecule has 0 bridgehead atoms. The summed E-state index contributed by atoms with van der Waals surface area (Å²) in [6, 6.07) is 0.734. The first-order chi connectivity index (χ1) is 12.1. The van der Waals surface area contributed by atoms with Crippen molar-refractivity contribution in [3.63, 3.8) is 0 Å². The highest BCUT2D eigenvalue weighted by Crippen LogP contribution is 2.27. The highest BCUT2D eigenvalue weighted by Gasteiger charge is 2.31. The van der Waals surface area contributed by atoms with Gasteiger partial charge in [-0.05, 0) is 32.5 Å². The molecule has 1 aliphatic rings. The lowest BCUT2D eigenvalue weighted by Gasteiger charge is -2.25. The highest BCUT2D eigenvalue weighted by molar-refractivity contribution is 5.82. The number of nitrogens with zero attached hydrogens (tertiary/aromatic N) is 3. The van der Waals surface area contributed by atoms with Crippen LogP contribution in [0.1, 0.15) is 18.4 Å². The maximum Gasteiger partial charge on any atom is 0.422 e. The number of pyridine rings is 1. The summed E-state index contributed by atoms with van der Waals surface area (Å²) in [6.07, 6.45) is -2.95. The van der Waals surface area contributed by atoms with Gasteiger partial charge in [0.25, 0.3) is 5.88 Å². The summed E-state index contributed by atoms with van der Waals surface area (Å²) in [6.45, 7) is -0.823. The van der Waals surface area contributed by atoms with Crippen LogP contribution in [0.4, 0.5) is 17.6 Å². The molecule has 2 rings (SSSR count). The number of carbonyl (C=O) groups excluding carboxylic acids is 1. The predicted octanol–water partition coefficient (Wildman–Crippen LogP) is 2.22. The van der Waals surface area contributed by atoms with E-state index in [1.807, 2.05) is 11.9 Å². The van der Waals surface area contributed by atoms with Gasteiger partial charge in [-0.2, -0.15) is 18.2 Å². The minimum absolute atomic E-state index is 0.00974. The van der Waals surface area contributed by atoms with Crippen molar-refractivity contribution in [3.8, 4) is 11.8 Å². The maximum atomic E-state index is 14.0. The molecule has 1 aromatic rings. The van der Waals surface area contributed by atoms with Crippen LogP contribution in [-0.2, 0) is 11.3 Å². The molecule has 1 unspecified atom stereocenters. The Kier molecular flexibility index (Phi) is 6.27. The zero-order chi connectivity index (χ0) is 19.5. The number of aromatic nitrogens is 1. The summed E-state index contributed by atoms with van der Waals surface area (Å²) in [5.41, 5.74) is 0.237. The van der Waals surface area contributed by atoms with E-state index in [1.54, 1.807) is 7.05 Å². The third-order valence-electron chi connectivity index (χ3n) is 4.14. The Morgan fingerprint density at radius 1 is 1.42 bits per heavy atom. The van der Waals surface area contributed by atoms with Gasteiger partial charge in [-0.15, -0.1) is 0 Å². The number of hydrogen-bond donors (Lipinski definition) is 0. The van der Waals surface area contributed by atoms with E-state index < -0.39 is 24.5 Å². The van der Waals surface area contributed by atoms with Crippen molar-refractivity contribution < 1.29 is 31.8 Å². The summed E-state index contributed by atoms with van der Waals surface area (Å²) in [5, 5.41) is 0. The number of likely N-dealkylation sites (tertiary alicyclic amines) is 1. The second-order valence-corrected chi connectivity index (χ2v) is 6.18. The Balaban J connectivity index is 2.13. The Morgan fingerprint density at radius 2 is 2.12 bits per heavy atom. The number of likely N-dealkylation sites (N-methyl/N-ethyl adjacent to an activating group) is 2. The van der Waals surface area contributed by atoms with E-state index in [9.17, 15) is 22.4 Å². The molecule has 0 aromatic carbocycles. The van der Waals surface area contributed by atoms with Gasteiger partial charge in [0, 0.05) is 12.6 Å². The van der Waals surface area contributed by atoms with Gasteiger partial charge in [0.05, 0.1) is 19.7 Å². The van der Waals surface area contributed by atoms with Crippen molar-refractivity contribution >= 4 is 5.91 Å². The van der Waals surface area contributed by atoms with Crippen molar-refractivity contribution in [3.05, 3.63) is 17.4 Å². The first kappa shape index (κ1) is 20.2. The zero-order valence-electron chi connectivity index (χ0n) is 14.8. The fraction of sp³-hybridized carbons (Fsp3) is 0.625. The number of carbonyl (C=O) groups is 1. The molecule has 1 atom stereocenters. The average Bonchev–Trinajstić information content (AvgIpc) is 2.98. The first-order valence-electron chi connectivity index (χ1n) is 8.00. The van der Waals surface area contributed by atoms with E-state index >= 15 is 0 Å². The zero-order valence-corrected chi connectivity index (χ0v) is 14.8. The van der Waals surface area contributed by atoms with E-state index in [1.165, 1.54) is 12.0 Å². The first-order valence-corrected chi connectivity index (χ1v) is 8.00. The van der Waals surface area contributed by atoms with Gasteiger partial charge in [-0.3, -0.25) is 9.69 Å². The Bertz CT molecular complexity index is 654. The molecule has 2 heterocycles. The number of ether oxygens (including phenoxy) is 2. The smallest absolute Gasteiger partial charge is 0.422 e. The lowest BCUT2D eigenvalue weighted by atomic mass is 10.1. The van der Waals surface area contributed by atoms with Crippen LogP contribution in [0.2, 0.25) is 0 Å². The Morgan fingerprint density at radius 3 is 2.65 bits per heavy atom. The van der Waals surface area contributed by atoms with E-state index in [4.69, 9.17) is 4.74 Å². The number of halogens is 4.